The van der Waals surface area contributed by atoms with Crippen LogP contribution in [0, 0.1) is 0 Å². The van der Waals surface area contributed by atoms with Gasteiger partial charge >= 0.3 is 0 Å². The van der Waals surface area contributed by atoms with E-state index in [0.29, 0.717) is 5.75 Å². The molecule has 22 heavy (non-hydrogen) atoms. The van der Waals surface area contributed by atoms with Crippen molar-refractivity contribution in [1.82, 2.24) is 14.8 Å². The molecule has 0 fully saturated rings. The molecule has 0 atom stereocenters. The van der Waals surface area contributed by atoms with Gasteiger partial charge in [0.15, 0.2) is 5.16 Å². The minimum atomic E-state index is -0.0491. The SMILES string of the molecule is CCn1cnnc1SCC(=O)Nc1cccc2ccccc12. The van der Waals surface area contributed by atoms with Crippen molar-refractivity contribution in [2.24, 2.45) is 0 Å². The molecule has 0 aliphatic rings. The quantitative estimate of drug-likeness (QED) is 0.735. The van der Waals surface area contributed by atoms with Crippen LogP contribution in [0.1, 0.15) is 6.92 Å². The Balaban J connectivity index is 1.69. The van der Waals surface area contributed by atoms with Gasteiger partial charge in [-0.1, -0.05) is 48.2 Å². The Morgan fingerprint density at radius 2 is 2.05 bits per heavy atom. The van der Waals surface area contributed by atoms with Crippen molar-refractivity contribution >= 4 is 34.1 Å². The summed E-state index contributed by atoms with van der Waals surface area (Å²) in [5.74, 6) is 0.258. The molecule has 0 spiro atoms. The Labute approximate surface area is 132 Å². The van der Waals surface area contributed by atoms with E-state index < -0.39 is 0 Å². The molecule has 3 rings (SSSR count). The molecule has 0 bridgehead atoms. The van der Waals surface area contributed by atoms with Gasteiger partial charge in [0.1, 0.15) is 6.33 Å². The molecule has 1 heterocycles. The smallest absolute Gasteiger partial charge is 0.234 e. The zero-order chi connectivity index (χ0) is 15.4. The molecule has 0 saturated carbocycles. The molecular formula is C16H16N4OS. The van der Waals surface area contributed by atoms with Crippen LogP contribution in [0.3, 0.4) is 0 Å². The van der Waals surface area contributed by atoms with Gasteiger partial charge in [-0.3, -0.25) is 4.79 Å². The first-order valence-electron chi connectivity index (χ1n) is 7.06. The van der Waals surface area contributed by atoms with Gasteiger partial charge < -0.3 is 9.88 Å². The summed E-state index contributed by atoms with van der Waals surface area (Å²) in [6.07, 6.45) is 1.67. The maximum atomic E-state index is 12.2. The summed E-state index contributed by atoms with van der Waals surface area (Å²) in [4.78, 5) is 12.2. The van der Waals surface area contributed by atoms with Crippen molar-refractivity contribution in [2.45, 2.75) is 18.6 Å². The number of rotatable bonds is 5. The maximum Gasteiger partial charge on any atom is 0.234 e. The van der Waals surface area contributed by atoms with Crippen molar-refractivity contribution in [3.05, 3.63) is 48.8 Å². The second-order valence-electron chi connectivity index (χ2n) is 4.76. The molecule has 1 N–H and O–H groups in total. The van der Waals surface area contributed by atoms with Crippen LogP contribution in [0.4, 0.5) is 5.69 Å². The van der Waals surface area contributed by atoms with Gasteiger partial charge in [0.2, 0.25) is 5.91 Å². The Kier molecular flexibility index (Phi) is 4.39. The fourth-order valence-corrected chi connectivity index (χ4v) is 3.00. The monoisotopic (exact) mass is 312 g/mol. The van der Waals surface area contributed by atoms with Gasteiger partial charge in [0, 0.05) is 17.6 Å². The van der Waals surface area contributed by atoms with Gasteiger partial charge in [-0.2, -0.15) is 0 Å². The molecule has 112 valence electrons. The van der Waals surface area contributed by atoms with Crippen LogP contribution in [0.15, 0.2) is 53.9 Å². The number of benzene rings is 2. The first-order valence-corrected chi connectivity index (χ1v) is 8.04. The van der Waals surface area contributed by atoms with E-state index in [9.17, 15) is 4.79 Å². The van der Waals surface area contributed by atoms with Crippen molar-refractivity contribution in [3.63, 3.8) is 0 Å². The fourth-order valence-electron chi connectivity index (χ4n) is 2.22. The van der Waals surface area contributed by atoms with Gasteiger partial charge in [0.25, 0.3) is 0 Å². The summed E-state index contributed by atoms with van der Waals surface area (Å²) in [6.45, 7) is 2.81. The minimum Gasteiger partial charge on any atom is -0.325 e. The highest BCUT2D eigenvalue weighted by atomic mass is 32.2. The zero-order valence-electron chi connectivity index (χ0n) is 12.2. The fraction of sp³-hybridized carbons (Fsp3) is 0.188. The highest BCUT2D eigenvalue weighted by Crippen LogP contribution is 2.23. The standard InChI is InChI=1S/C16H16N4OS/c1-2-20-11-17-19-16(20)22-10-15(21)18-14-9-5-7-12-6-3-4-8-13(12)14/h3-9,11H,2,10H2,1H3,(H,18,21). The average molecular weight is 312 g/mol. The normalized spacial score (nSPS) is 10.8. The number of hydrogen-bond donors (Lipinski definition) is 1. The van der Waals surface area contributed by atoms with Crippen molar-refractivity contribution in [1.29, 1.82) is 0 Å². The summed E-state index contributed by atoms with van der Waals surface area (Å²) in [7, 11) is 0. The van der Waals surface area contributed by atoms with E-state index in [0.717, 1.165) is 28.2 Å². The molecule has 0 radical (unpaired) electrons. The minimum absolute atomic E-state index is 0.0491. The lowest BCUT2D eigenvalue weighted by molar-refractivity contribution is -0.113. The molecule has 5 nitrogen and oxygen atoms in total. The first kappa shape index (κ1) is 14.6. The van der Waals surface area contributed by atoms with Gasteiger partial charge in [0.05, 0.1) is 5.75 Å². The molecule has 6 heteroatoms. The van der Waals surface area contributed by atoms with Gasteiger partial charge in [-0.15, -0.1) is 10.2 Å². The largest absolute Gasteiger partial charge is 0.325 e. The number of fused-ring (bicyclic) bond motifs is 1. The third-order valence-electron chi connectivity index (χ3n) is 3.32. The number of amides is 1. The van der Waals surface area contributed by atoms with Crippen LogP contribution in [0.2, 0.25) is 0 Å². The molecule has 1 amide bonds. The summed E-state index contributed by atoms with van der Waals surface area (Å²) < 4.78 is 1.91. The molecule has 0 aliphatic heterocycles. The van der Waals surface area contributed by atoms with Crippen LogP contribution < -0.4 is 5.32 Å². The highest BCUT2D eigenvalue weighted by Gasteiger charge is 2.09. The topological polar surface area (TPSA) is 59.8 Å². The maximum absolute atomic E-state index is 12.2. The number of aryl methyl sites for hydroxylation is 1. The number of hydrogen-bond acceptors (Lipinski definition) is 4. The Hall–Kier alpha value is -2.34. The molecule has 0 saturated heterocycles. The van der Waals surface area contributed by atoms with Crippen molar-refractivity contribution in [3.8, 4) is 0 Å². The Morgan fingerprint density at radius 1 is 1.23 bits per heavy atom. The third-order valence-corrected chi connectivity index (χ3v) is 4.30. The Morgan fingerprint density at radius 3 is 2.91 bits per heavy atom. The van der Waals surface area contributed by atoms with E-state index in [4.69, 9.17) is 0 Å². The van der Waals surface area contributed by atoms with E-state index in [1.54, 1.807) is 6.33 Å². The molecule has 2 aromatic carbocycles. The predicted molar refractivity (Wildman–Crippen MR) is 89.0 cm³/mol. The molecule has 1 aromatic heterocycles. The third kappa shape index (κ3) is 3.12. The van der Waals surface area contributed by atoms with E-state index >= 15 is 0 Å². The number of nitrogens with zero attached hydrogens (tertiary/aromatic N) is 3. The van der Waals surface area contributed by atoms with E-state index in [1.165, 1.54) is 11.8 Å². The Bertz CT molecular complexity index is 794. The van der Waals surface area contributed by atoms with E-state index in [-0.39, 0.29) is 5.91 Å². The van der Waals surface area contributed by atoms with Crippen LogP contribution in [-0.2, 0) is 11.3 Å². The van der Waals surface area contributed by atoms with E-state index in [1.807, 2.05) is 54.0 Å². The number of carbonyl (C=O) groups is 1. The van der Waals surface area contributed by atoms with Crippen LogP contribution in [-0.4, -0.2) is 26.4 Å². The number of anilines is 1. The zero-order valence-corrected chi connectivity index (χ0v) is 13.0. The van der Waals surface area contributed by atoms with Crippen LogP contribution in [0.25, 0.3) is 10.8 Å². The lowest BCUT2D eigenvalue weighted by Gasteiger charge is -2.08. The first-order chi connectivity index (χ1) is 10.8. The highest BCUT2D eigenvalue weighted by molar-refractivity contribution is 7.99. The average Bonchev–Trinajstić information content (AvgIpc) is 3.01. The van der Waals surface area contributed by atoms with Crippen molar-refractivity contribution in [2.75, 3.05) is 11.1 Å². The lowest BCUT2D eigenvalue weighted by atomic mass is 10.1. The van der Waals surface area contributed by atoms with Crippen LogP contribution in [0.5, 0.6) is 0 Å². The summed E-state index contributed by atoms with van der Waals surface area (Å²) >= 11 is 1.39. The van der Waals surface area contributed by atoms with Gasteiger partial charge in [-0.25, -0.2) is 0 Å². The number of nitrogens with one attached hydrogen (secondary N) is 1. The predicted octanol–water partition coefficient (Wildman–Crippen LogP) is 3.18. The van der Waals surface area contributed by atoms with Crippen molar-refractivity contribution < 1.29 is 4.79 Å². The number of aromatic nitrogens is 3. The van der Waals surface area contributed by atoms with E-state index in [2.05, 4.69) is 15.5 Å². The lowest BCUT2D eigenvalue weighted by Crippen LogP contribution is -2.14. The van der Waals surface area contributed by atoms with Crippen LogP contribution >= 0.6 is 11.8 Å². The second kappa shape index (κ2) is 6.62. The summed E-state index contributed by atoms with van der Waals surface area (Å²) in [5, 5.41) is 13.7. The second-order valence-corrected chi connectivity index (χ2v) is 5.71. The molecule has 0 unspecified atom stereocenters. The molecule has 0 aliphatic carbocycles. The summed E-state index contributed by atoms with van der Waals surface area (Å²) in [5.41, 5.74) is 0.834. The van der Waals surface area contributed by atoms with Gasteiger partial charge in [-0.05, 0) is 18.4 Å². The molecule has 3 aromatic rings. The number of carbonyl (C=O) groups excluding carboxylic acids is 1. The molecular weight excluding hydrogens is 296 g/mol. The number of thioether (sulfide) groups is 1. The summed E-state index contributed by atoms with van der Waals surface area (Å²) in [6, 6.07) is 13.9.